The van der Waals surface area contributed by atoms with Crippen LogP contribution >= 0.6 is 0 Å². The predicted molar refractivity (Wildman–Crippen MR) is 40.7 cm³/mol. The highest BCUT2D eigenvalue weighted by molar-refractivity contribution is 5.66. The summed E-state index contributed by atoms with van der Waals surface area (Å²) in [4.78, 5) is 9.52. The second-order valence-electron chi connectivity index (χ2n) is 1.72. The third-order valence-electron chi connectivity index (χ3n) is 0.647. The summed E-state index contributed by atoms with van der Waals surface area (Å²) in [6, 6.07) is 0. The topological polar surface area (TPSA) is 89.3 Å². The van der Waals surface area contributed by atoms with Crippen LogP contribution in [0.2, 0.25) is 0 Å². The maximum Gasteiger partial charge on any atom is 0.304 e. The van der Waals surface area contributed by atoms with Crippen molar-refractivity contribution in [3.8, 4) is 0 Å². The Balaban J connectivity index is 0. The standard InChI is InChI=1S/C3H7NO2.C3H9N/c4-2-1-3(5)6;1-2-3-4/h1-2,4H2,(H,5,6);2-4H2,1H3. The number of hydrogen-bond donors (Lipinski definition) is 3. The molecule has 0 spiro atoms. The summed E-state index contributed by atoms with van der Waals surface area (Å²) < 4.78 is 0. The molecule has 62 valence electrons. The number of carboxylic acid groups (broad SMARTS) is 1. The van der Waals surface area contributed by atoms with E-state index in [1.54, 1.807) is 0 Å². The first-order chi connectivity index (χ1) is 4.68. The first kappa shape index (κ1) is 12.1. The summed E-state index contributed by atoms with van der Waals surface area (Å²) in [6.45, 7) is 3.11. The van der Waals surface area contributed by atoms with Crippen molar-refractivity contribution < 1.29 is 9.90 Å². The molecule has 4 nitrogen and oxygen atoms in total. The second kappa shape index (κ2) is 11.2. The van der Waals surface area contributed by atoms with Gasteiger partial charge in [0.05, 0.1) is 6.42 Å². The molecule has 0 fully saturated rings. The van der Waals surface area contributed by atoms with E-state index in [-0.39, 0.29) is 13.0 Å². The summed E-state index contributed by atoms with van der Waals surface area (Å²) >= 11 is 0. The van der Waals surface area contributed by atoms with Gasteiger partial charge >= 0.3 is 5.97 Å². The summed E-state index contributed by atoms with van der Waals surface area (Å²) in [5, 5.41) is 7.83. The third kappa shape index (κ3) is 26.3. The Morgan fingerprint density at radius 3 is 1.80 bits per heavy atom. The lowest BCUT2D eigenvalue weighted by Gasteiger charge is -1.80. The molecule has 0 aromatic heterocycles. The average molecular weight is 148 g/mol. The van der Waals surface area contributed by atoms with E-state index in [1.165, 1.54) is 0 Å². The van der Waals surface area contributed by atoms with Crippen LogP contribution in [0.5, 0.6) is 0 Å². The third-order valence-corrected chi connectivity index (χ3v) is 0.647. The molecule has 0 aromatic rings. The molecule has 0 amide bonds. The fraction of sp³-hybridized carbons (Fsp3) is 0.833. The molecule has 10 heavy (non-hydrogen) atoms. The largest absolute Gasteiger partial charge is 0.481 e. The van der Waals surface area contributed by atoms with Crippen LogP contribution in [-0.2, 0) is 4.79 Å². The van der Waals surface area contributed by atoms with Gasteiger partial charge in [-0.05, 0) is 13.0 Å². The van der Waals surface area contributed by atoms with Crippen molar-refractivity contribution >= 4 is 5.97 Å². The van der Waals surface area contributed by atoms with Gasteiger partial charge in [-0.1, -0.05) is 6.92 Å². The number of aliphatic carboxylic acids is 1. The summed E-state index contributed by atoms with van der Waals surface area (Å²) in [7, 11) is 0. The van der Waals surface area contributed by atoms with E-state index in [2.05, 4.69) is 6.92 Å². The molecule has 5 N–H and O–H groups in total. The van der Waals surface area contributed by atoms with Crippen LogP contribution in [0.4, 0.5) is 0 Å². The fourth-order valence-electron chi connectivity index (χ4n) is 0.123. The maximum atomic E-state index is 9.52. The van der Waals surface area contributed by atoms with Crippen LogP contribution in [0.25, 0.3) is 0 Å². The first-order valence-electron chi connectivity index (χ1n) is 3.30. The Labute approximate surface area is 61.2 Å². The molecular weight excluding hydrogens is 132 g/mol. The highest BCUT2D eigenvalue weighted by Crippen LogP contribution is 1.67. The second-order valence-corrected chi connectivity index (χ2v) is 1.72. The minimum absolute atomic E-state index is 0.0694. The minimum Gasteiger partial charge on any atom is -0.481 e. The molecule has 0 saturated heterocycles. The van der Waals surface area contributed by atoms with E-state index < -0.39 is 5.97 Å². The van der Waals surface area contributed by atoms with Gasteiger partial charge in [-0.25, -0.2) is 0 Å². The lowest BCUT2D eigenvalue weighted by Crippen LogP contribution is -2.05. The summed E-state index contributed by atoms with van der Waals surface area (Å²) in [5.74, 6) is -0.836. The molecular formula is C6H16N2O2. The lowest BCUT2D eigenvalue weighted by atomic mass is 10.5. The minimum atomic E-state index is -0.836. The zero-order chi connectivity index (χ0) is 8.41. The van der Waals surface area contributed by atoms with Crippen molar-refractivity contribution in [2.75, 3.05) is 13.1 Å². The van der Waals surface area contributed by atoms with Crippen molar-refractivity contribution in [3.63, 3.8) is 0 Å². The maximum absolute atomic E-state index is 9.52. The summed E-state index contributed by atoms with van der Waals surface area (Å²) in [6.07, 6.45) is 1.17. The van der Waals surface area contributed by atoms with Crippen molar-refractivity contribution in [3.05, 3.63) is 0 Å². The summed E-state index contributed by atoms with van der Waals surface area (Å²) in [5.41, 5.74) is 9.88. The molecule has 4 heteroatoms. The van der Waals surface area contributed by atoms with Crippen molar-refractivity contribution in [2.24, 2.45) is 11.5 Å². The van der Waals surface area contributed by atoms with E-state index in [1.807, 2.05) is 0 Å². The number of nitrogens with two attached hydrogens (primary N) is 2. The van der Waals surface area contributed by atoms with Crippen LogP contribution in [0.3, 0.4) is 0 Å². The number of hydrogen-bond acceptors (Lipinski definition) is 3. The lowest BCUT2D eigenvalue weighted by molar-refractivity contribution is -0.136. The highest BCUT2D eigenvalue weighted by atomic mass is 16.4. The van der Waals surface area contributed by atoms with Gasteiger partial charge < -0.3 is 16.6 Å². The van der Waals surface area contributed by atoms with Crippen molar-refractivity contribution in [2.45, 2.75) is 19.8 Å². The predicted octanol–water partition coefficient (Wildman–Crippen LogP) is -0.225. The molecule has 0 aromatic carbocycles. The van der Waals surface area contributed by atoms with Gasteiger partial charge in [-0.3, -0.25) is 4.79 Å². The van der Waals surface area contributed by atoms with Gasteiger partial charge in [0, 0.05) is 6.54 Å². The number of carboxylic acids is 1. The van der Waals surface area contributed by atoms with Crippen LogP contribution < -0.4 is 11.5 Å². The van der Waals surface area contributed by atoms with Gasteiger partial charge in [0.1, 0.15) is 0 Å². The molecule has 0 aliphatic rings. The molecule has 0 saturated carbocycles. The van der Waals surface area contributed by atoms with Crippen LogP contribution in [0.1, 0.15) is 19.8 Å². The highest BCUT2D eigenvalue weighted by Gasteiger charge is 1.87. The van der Waals surface area contributed by atoms with Crippen molar-refractivity contribution in [1.82, 2.24) is 0 Å². The molecule has 0 aliphatic carbocycles. The molecule has 0 unspecified atom stereocenters. The molecule has 0 atom stereocenters. The van der Waals surface area contributed by atoms with Gasteiger partial charge in [-0.2, -0.15) is 0 Å². The Bertz CT molecular complexity index is 74.1. The zero-order valence-electron chi connectivity index (χ0n) is 6.34. The van der Waals surface area contributed by atoms with E-state index in [9.17, 15) is 4.79 Å². The van der Waals surface area contributed by atoms with E-state index in [4.69, 9.17) is 16.6 Å². The van der Waals surface area contributed by atoms with Crippen molar-refractivity contribution in [1.29, 1.82) is 0 Å². The van der Waals surface area contributed by atoms with Gasteiger partial charge in [0.15, 0.2) is 0 Å². The fourth-order valence-corrected chi connectivity index (χ4v) is 0.123. The Hall–Kier alpha value is -0.610. The quantitative estimate of drug-likeness (QED) is 0.516. The number of carbonyl (C=O) groups is 1. The van der Waals surface area contributed by atoms with Crippen LogP contribution in [0.15, 0.2) is 0 Å². The Kier molecular flexibility index (Phi) is 13.6. The molecule has 0 radical (unpaired) electrons. The number of rotatable bonds is 3. The first-order valence-corrected chi connectivity index (χ1v) is 3.30. The van der Waals surface area contributed by atoms with Crippen LogP contribution in [-0.4, -0.2) is 24.2 Å². The molecule has 0 bridgehead atoms. The van der Waals surface area contributed by atoms with Gasteiger partial charge in [-0.15, -0.1) is 0 Å². The smallest absolute Gasteiger partial charge is 0.304 e. The molecule has 0 rings (SSSR count). The monoisotopic (exact) mass is 148 g/mol. The SMILES string of the molecule is CCCN.NCCC(=O)O. The normalized spacial score (nSPS) is 7.90. The van der Waals surface area contributed by atoms with E-state index in [0.29, 0.717) is 0 Å². The van der Waals surface area contributed by atoms with Gasteiger partial charge in [0.25, 0.3) is 0 Å². The average Bonchev–Trinajstić information content (AvgIpc) is 1.89. The Morgan fingerprint density at radius 2 is 1.80 bits per heavy atom. The van der Waals surface area contributed by atoms with E-state index >= 15 is 0 Å². The zero-order valence-corrected chi connectivity index (χ0v) is 6.34. The molecule has 0 heterocycles. The van der Waals surface area contributed by atoms with E-state index in [0.717, 1.165) is 13.0 Å². The van der Waals surface area contributed by atoms with Crippen LogP contribution in [0, 0.1) is 0 Å². The van der Waals surface area contributed by atoms with Gasteiger partial charge in [0.2, 0.25) is 0 Å². The molecule has 0 aliphatic heterocycles. The Morgan fingerprint density at radius 1 is 1.40 bits per heavy atom.